The Kier molecular flexibility index (Phi) is 9.22. The smallest absolute Gasteiger partial charge is 0.193 e. The highest BCUT2D eigenvalue weighted by atomic mass is 127. The predicted octanol–water partition coefficient (Wildman–Crippen LogP) is 3.23. The maximum absolute atomic E-state index is 8.84. The maximum atomic E-state index is 8.84. The van der Waals surface area contributed by atoms with E-state index in [0.29, 0.717) is 24.0 Å². The van der Waals surface area contributed by atoms with Gasteiger partial charge in [0.2, 0.25) is 0 Å². The van der Waals surface area contributed by atoms with Gasteiger partial charge in [0.1, 0.15) is 6.61 Å². The number of nitrogens with one attached hydrogen (secondary N) is 1. The molecule has 6 nitrogen and oxygen atoms in total. The lowest BCUT2D eigenvalue weighted by molar-refractivity contribution is 0.196. The number of ether oxygens (including phenoxy) is 2. The van der Waals surface area contributed by atoms with Gasteiger partial charge in [-0.05, 0) is 54.8 Å². The Bertz CT molecular complexity index is 731. The third-order valence-electron chi connectivity index (χ3n) is 3.50. The van der Waals surface area contributed by atoms with E-state index >= 15 is 0 Å². The topological polar surface area (TPSA) is 89.1 Å². The molecule has 4 N–H and O–H groups in total. The second-order valence-electron chi connectivity index (χ2n) is 5.76. The Morgan fingerprint density at radius 2 is 1.81 bits per heavy atom. The van der Waals surface area contributed by atoms with Crippen molar-refractivity contribution in [3.05, 3.63) is 53.1 Å². The molecule has 2 rings (SSSR count). The van der Waals surface area contributed by atoms with Crippen LogP contribution < -0.4 is 20.5 Å². The Morgan fingerprint density at radius 1 is 1.12 bits per heavy atom. The minimum absolute atomic E-state index is 0. The number of aryl methyl sites for hydroxylation is 2. The first kappa shape index (κ1) is 22.0. The van der Waals surface area contributed by atoms with Crippen LogP contribution in [0.25, 0.3) is 0 Å². The molecule has 0 aliphatic heterocycles. The molecule has 0 heterocycles. The number of nitrogens with zero attached hydrogens (tertiary/aromatic N) is 1. The molecule has 0 amide bonds. The molecule has 0 bridgehead atoms. The molecule has 0 saturated carbocycles. The summed E-state index contributed by atoms with van der Waals surface area (Å²) in [6.07, 6.45) is 0. The first-order valence-corrected chi connectivity index (χ1v) is 8.07. The molecule has 0 aliphatic rings. The van der Waals surface area contributed by atoms with E-state index in [4.69, 9.17) is 20.3 Å². The molecule has 26 heavy (non-hydrogen) atoms. The number of aliphatic hydroxyl groups is 1. The van der Waals surface area contributed by atoms with E-state index in [1.165, 1.54) is 11.1 Å². The van der Waals surface area contributed by atoms with E-state index in [1.807, 2.05) is 38.1 Å². The Balaban J connectivity index is 0.00000338. The zero-order valence-electron chi connectivity index (χ0n) is 15.3. The standard InChI is InChI=1S/C19H25N3O3.HI/c1-13-8-14(2)10-16(9-13)22-19(20)21-12-15-4-5-17(25-7-6-23)18(11-15)24-3;/h4-5,8-11,23H,6-7,12H2,1-3H3,(H3,20,21,22);1H. The second kappa shape index (κ2) is 10.9. The quantitative estimate of drug-likeness (QED) is 0.328. The van der Waals surface area contributed by atoms with Gasteiger partial charge in [0.05, 0.1) is 20.3 Å². The molecule has 0 aromatic heterocycles. The van der Waals surface area contributed by atoms with Crippen LogP contribution in [-0.4, -0.2) is 31.4 Å². The lowest BCUT2D eigenvalue weighted by Gasteiger charge is -2.11. The molecule has 0 aliphatic carbocycles. The van der Waals surface area contributed by atoms with Crippen LogP contribution >= 0.6 is 24.0 Å². The molecule has 0 atom stereocenters. The lowest BCUT2D eigenvalue weighted by Crippen LogP contribution is -2.22. The van der Waals surface area contributed by atoms with Crippen LogP contribution in [0, 0.1) is 13.8 Å². The van der Waals surface area contributed by atoms with Crippen LogP contribution in [-0.2, 0) is 6.54 Å². The molecular formula is C19H26IN3O3. The number of nitrogens with two attached hydrogens (primary N) is 1. The third-order valence-corrected chi connectivity index (χ3v) is 3.50. The first-order chi connectivity index (χ1) is 12.0. The fourth-order valence-corrected chi connectivity index (χ4v) is 2.50. The number of halogens is 1. The largest absolute Gasteiger partial charge is 0.493 e. The fraction of sp³-hybridized carbons (Fsp3) is 0.316. The first-order valence-electron chi connectivity index (χ1n) is 8.07. The Labute approximate surface area is 171 Å². The van der Waals surface area contributed by atoms with E-state index in [-0.39, 0.29) is 37.2 Å². The van der Waals surface area contributed by atoms with E-state index in [1.54, 1.807) is 13.2 Å². The third kappa shape index (κ3) is 6.72. The summed E-state index contributed by atoms with van der Waals surface area (Å²) in [6.45, 7) is 4.67. The van der Waals surface area contributed by atoms with Crippen molar-refractivity contribution in [3.8, 4) is 11.5 Å². The van der Waals surface area contributed by atoms with Gasteiger partial charge in [0.25, 0.3) is 0 Å². The van der Waals surface area contributed by atoms with Gasteiger partial charge in [-0.2, -0.15) is 0 Å². The number of aliphatic hydroxyl groups excluding tert-OH is 1. The predicted molar refractivity (Wildman–Crippen MR) is 116 cm³/mol. The van der Waals surface area contributed by atoms with Gasteiger partial charge in [-0.25, -0.2) is 4.99 Å². The van der Waals surface area contributed by atoms with Crippen molar-refractivity contribution in [3.63, 3.8) is 0 Å². The van der Waals surface area contributed by atoms with Crippen molar-refractivity contribution in [2.45, 2.75) is 20.4 Å². The van der Waals surface area contributed by atoms with Gasteiger partial charge in [-0.15, -0.1) is 24.0 Å². The van der Waals surface area contributed by atoms with Crippen molar-refractivity contribution in [2.24, 2.45) is 10.7 Å². The maximum Gasteiger partial charge on any atom is 0.193 e. The van der Waals surface area contributed by atoms with Crippen molar-refractivity contribution in [1.29, 1.82) is 0 Å². The summed E-state index contributed by atoms with van der Waals surface area (Å²) in [5, 5.41) is 11.9. The summed E-state index contributed by atoms with van der Waals surface area (Å²) in [7, 11) is 1.57. The van der Waals surface area contributed by atoms with Crippen LogP contribution in [0.4, 0.5) is 5.69 Å². The lowest BCUT2D eigenvalue weighted by atomic mass is 10.1. The highest BCUT2D eigenvalue weighted by Gasteiger charge is 2.06. The van der Waals surface area contributed by atoms with E-state index in [0.717, 1.165) is 11.3 Å². The van der Waals surface area contributed by atoms with Crippen molar-refractivity contribution in [1.82, 2.24) is 0 Å². The van der Waals surface area contributed by atoms with E-state index in [9.17, 15) is 0 Å². The van der Waals surface area contributed by atoms with Crippen molar-refractivity contribution >= 4 is 35.6 Å². The molecular weight excluding hydrogens is 445 g/mol. The van der Waals surface area contributed by atoms with Crippen LogP contribution in [0.2, 0.25) is 0 Å². The number of methoxy groups -OCH3 is 1. The normalized spacial score (nSPS) is 10.8. The fourth-order valence-electron chi connectivity index (χ4n) is 2.50. The van der Waals surface area contributed by atoms with E-state index < -0.39 is 0 Å². The zero-order chi connectivity index (χ0) is 18.2. The van der Waals surface area contributed by atoms with Gasteiger partial charge in [-0.1, -0.05) is 12.1 Å². The molecule has 2 aromatic rings. The summed E-state index contributed by atoms with van der Waals surface area (Å²) in [5.74, 6) is 1.54. The molecule has 0 unspecified atom stereocenters. The van der Waals surface area contributed by atoms with Gasteiger partial charge >= 0.3 is 0 Å². The highest BCUT2D eigenvalue weighted by molar-refractivity contribution is 14.0. The van der Waals surface area contributed by atoms with Crippen molar-refractivity contribution in [2.75, 3.05) is 25.6 Å². The average molecular weight is 471 g/mol. The summed E-state index contributed by atoms with van der Waals surface area (Å²) in [4.78, 5) is 4.36. The molecule has 0 radical (unpaired) electrons. The van der Waals surface area contributed by atoms with Gasteiger partial charge in [-0.3, -0.25) is 0 Å². The number of hydrogen-bond donors (Lipinski definition) is 3. The number of benzene rings is 2. The minimum atomic E-state index is -0.0458. The van der Waals surface area contributed by atoms with E-state index in [2.05, 4.69) is 16.4 Å². The Hall–Kier alpha value is -2.00. The number of guanidine groups is 1. The van der Waals surface area contributed by atoms with Gasteiger partial charge < -0.3 is 25.6 Å². The van der Waals surface area contributed by atoms with Crippen LogP contribution in [0.1, 0.15) is 16.7 Å². The molecule has 142 valence electrons. The van der Waals surface area contributed by atoms with Crippen LogP contribution in [0.3, 0.4) is 0 Å². The van der Waals surface area contributed by atoms with Gasteiger partial charge in [0.15, 0.2) is 17.5 Å². The van der Waals surface area contributed by atoms with Crippen molar-refractivity contribution < 1.29 is 14.6 Å². The molecule has 0 spiro atoms. The molecule has 0 saturated heterocycles. The highest BCUT2D eigenvalue weighted by Crippen LogP contribution is 2.28. The number of anilines is 1. The number of hydrogen-bond acceptors (Lipinski definition) is 4. The Morgan fingerprint density at radius 3 is 2.42 bits per heavy atom. The molecule has 0 fully saturated rings. The second-order valence-corrected chi connectivity index (χ2v) is 5.76. The zero-order valence-corrected chi connectivity index (χ0v) is 17.6. The number of rotatable bonds is 7. The summed E-state index contributed by atoms with van der Waals surface area (Å²) < 4.78 is 10.7. The SMILES string of the molecule is COc1cc(CN=C(N)Nc2cc(C)cc(C)c2)ccc1OCCO.I. The summed E-state index contributed by atoms with van der Waals surface area (Å²) >= 11 is 0. The van der Waals surface area contributed by atoms with Crippen LogP contribution in [0.5, 0.6) is 11.5 Å². The van der Waals surface area contributed by atoms with Crippen LogP contribution in [0.15, 0.2) is 41.4 Å². The number of aliphatic imine (C=N–C) groups is 1. The summed E-state index contributed by atoms with van der Waals surface area (Å²) in [6, 6.07) is 11.7. The molecule has 2 aromatic carbocycles. The summed E-state index contributed by atoms with van der Waals surface area (Å²) in [5.41, 5.74) is 10.2. The average Bonchev–Trinajstić information content (AvgIpc) is 2.57. The van der Waals surface area contributed by atoms with Gasteiger partial charge in [0, 0.05) is 5.69 Å². The molecule has 7 heteroatoms. The monoisotopic (exact) mass is 471 g/mol. The minimum Gasteiger partial charge on any atom is -0.493 e.